The molecule has 3 nitrogen and oxygen atoms in total. The van der Waals surface area contributed by atoms with E-state index in [0.29, 0.717) is 0 Å². The van der Waals surface area contributed by atoms with E-state index >= 15 is 0 Å². The van der Waals surface area contributed by atoms with Crippen LogP contribution in [0, 0.1) is 13.8 Å². The van der Waals surface area contributed by atoms with Crippen molar-refractivity contribution in [3.05, 3.63) is 47.3 Å². The van der Waals surface area contributed by atoms with Gasteiger partial charge < -0.3 is 10.1 Å². The SMILES string of the molecule is Cc1ccc(-c2cc(C)[nH]c2C(=O)O)cc1. The number of benzene rings is 1. The summed E-state index contributed by atoms with van der Waals surface area (Å²) < 4.78 is 0. The van der Waals surface area contributed by atoms with Crippen molar-refractivity contribution < 1.29 is 9.90 Å². The number of rotatable bonds is 2. The van der Waals surface area contributed by atoms with Gasteiger partial charge in [0, 0.05) is 11.3 Å². The molecule has 2 rings (SSSR count). The summed E-state index contributed by atoms with van der Waals surface area (Å²) in [5.41, 5.74) is 3.93. The predicted molar refractivity (Wildman–Crippen MR) is 62.7 cm³/mol. The van der Waals surface area contributed by atoms with E-state index in [4.69, 9.17) is 5.11 Å². The van der Waals surface area contributed by atoms with Crippen molar-refractivity contribution >= 4 is 5.97 Å². The number of hydrogen-bond acceptors (Lipinski definition) is 1. The van der Waals surface area contributed by atoms with E-state index < -0.39 is 5.97 Å². The minimum atomic E-state index is -0.927. The molecule has 0 spiro atoms. The summed E-state index contributed by atoms with van der Waals surface area (Å²) in [6.07, 6.45) is 0. The third-order valence-electron chi connectivity index (χ3n) is 2.53. The number of carbonyl (C=O) groups is 1. The van der Waals surface area contributed by atoms with Crippen molar-refractivity contribution in [2.24, 2.45) is 0 Å². The number of hydrogen-bond donors (Lipinski definition) is 2. The van der Waals surface area contributed by atoms with Crippen LogP contribution in [0.5, 0.6) is 0 Å². The fourth-order valence-corrected chi connectivity index (χ4v) is 1.72. The molecule has 0 fully saturated rings. The summed E-state index contributed by atoms with van der Waals surface area (Å²) in [4.78, 5) is 13.9. The molecule has 2 aromatic rings. The van der Waals surface area contributed by atoms with Gasteiger partial charge in [0.05, 0.1) is 0 Å². The maximum absolute atomic E-state index is 11.0. The lowest BCUT2D eigenvalue weighted by atomic mass is 10.0. The first kappa shape index (κ1) is 10.5. The molecule has 0 amide bonds. The van der Waals surface area contributed by atoms with Gasteiger partial charge in [-0.05, 0) is 25.5 Å². The first-order valence-corrected chi connectivity index (χ1v) is 5.08. The van der Waals surface area contributed by atoms with Crippen molar-refractivity contribution in [1.29, 1.82) is 0 Å². The first-order valence-electron chi connectivity index (χ1n) is 5.08. The molecule has 0 saturated carbocycles. The molecule has 0 aliphatic carbocycles. The van der Waals surface area contributed by atoms with Gasteiger partial charge in [-0.3, -0.25) is 0 Å². The van der Waals surface area contributed by atoms with Crippen LogP contribution < -0.4 is 0 Å². The minimum absolute atomic E-state index is 0.251. The smallest absolute Gasteiger partial charge is 0.352 e. The molecule has 0 aliphatic heterocycles. The number of aromatic nitrogens is 1. The van der Waals surface area contributed by atoms with E-state index in [1.54, 1.807) is 0 Å². The van der Waals surface area contributed by atoms with E-state index in [9.17, 15) is 4.79 Å². The second kappa shape index (κ2) is 3.85. The molecule has 0 saturated heterocycles. The Labute approximate surface area is 93.7 Å². The minimum Gasteiger partial charge on any atom is -0.477 e. The van der Waals surface area contributed by atoms with Gasteiger partial charge in [0.25, 0.3) is 0 Å². The van der Waals surface area contributed by atoms with Gasteiger partial charge >= 0.3 is 5.97 Å². The summed E-state index contributed by atoms with van der Waals surface area (Å²) in [7, 11) is 0. The molecule has 1 aromatic carbocycles. The van der Waals surface area contributed by atoms with E-state index in [-0.39, 0.29) is 5.69 Å². The molecule has 0 aliphatic rings. The van der Waals surface area contributed by atoms with Crippen LogP contribution >= 0.6 is 0 Å². The largest absolute Gasteiger partial charge is 0.477 e. The van der Waals surface area contributed by atoms with Crippen LogP contribution in [0.2, 0.25) is 0 Å². The van der Waals surface area contributed by atoms with Crippen LogP contribution in [0.25, 0.3) is 11.1 Å². The monoisotopic (exact) mass is 215 g/mol. The van der Waals surface area contributed by atoms with E-state index in [2.05, 4.69) is 4.98 Å². The number of H-pyrrole nitrogens is 1. The maximum atomic E-state index is 11.0. The Morgan fingerprint density at radius 2 is 1.81 bits per heavy atom. The molecule has 1 heterocycles. The van der Waals surface area contributed by atoms with Crippen LogP contribution in [-0.2, 0) is 0 Å². The Balaban J connectivity index is 2.55. The highest BCUT2D eigenvalue weighted by atomic mass is 16.4. The number of aromatic amines is 1. The van der Waals surface area contributed by atoms with Crippen molar-refractivity contribution in [1.82, 2.24) is 4.98 Å². The van der Waals surface area contributed by atoms with Gasteiger partial charge in [0.2, 0.25) is 0 Å². The van der Waals surface area contributed by atoms with Gasteiger partial charge in [-0.1, -0.05) is 29.8 Å². The topological polar surface area (TPSA) is 53.1 Å². The van der Waals surface area contributed by atoms with Gasteiger partial charge in [-0.15, -0.1) is 0 Å². The van der Waals surface area contributed by atoms with Crippen molar-refractivity contribution in [3.8, 4) is 11.1 Å². The highest BCUT2D eigenvalue weighted by Crippen LogP contribution is 2.25. The fraction of sp³-hybridized carbons (Fsp3) is 0.154. The second-order valence-corrected chi connectivity index (χ2v) is 3.91. The molecular weight excluding hydrogens is 202 g/mol. The number of carboxylic acids is 1. The van der Waals surface area contributed by atoms with Crippen molar-refractivity contribution in [2.75, 3.05) is 0 Å². The Hall–Kier alpha value is -2.03. The second-order valence-electron chi connectivity index (χ2n) is 3.91. The third kappa shape index (κ3) is 1.84. The van der Waals surface area contributed by atoms with Gasteiger partial charge in [-0.25, -0.2) is 4.79 Å². The predicted octanol–water partition coefficient (Wildman–Crippen LogP) is 3.00. The zero-order chi connectivity index (χ0) is 11.7. The van der Waals surface area contributed by atoms with Gasteiger partial charge in [0.15, 0.2) is 0 Å². The maximum Gasteiger partial charge on any atom is 0.352 e. The van der Waals surface area contributed by atoms with Gasteiger partial charge in [-0.2, -0.15) is 0 Å². The lowest BCUT2D eigenvalue weighted by Crippen LogP contribution is -1.98. The molecule has 0 atom stereocenters. The van der Waals surface area contributed by atoms with E-state index in [0.717, 1.165) is 22.4 Å². The fourth-order valence-electron chi connectivity index (χ4n) is 1.72. The lowest BCUT2D eigenvalue weighted by Gasteiger charge is -2.00. The number of carboxylic acid groups (broad SMARTS) is 1. The average molecular weight is 215 g/mol. The molecule has 82 valence electrons. The Morgan fingerprint density at radius 3 is 2.38 bits per heavy atom. The highest BCUT2D eigenvalue weighted by Gasteiger charge is 2.14. The molecule has 0 radical (unpaired) electrons. The van der Waals surface area contributed by atoms with Crippen molar-refractivity contribution in [3.63, 3.8) is 0 Å². The van der Waals surface area contributed by atoms with Crippen molar-refractivity contribution in [2.45, 2.75) is 13.8 Å². The molecule has 16 heavy (non-hydrogen) atoms. The molecule has 0 unspecified atom stereocenters. The summed E-state index contributed by atoms with van der Waals surface area (Å²) in [6.45, 7) is 3.86. The van der Waals surface area contributed by atoms with Crippen LogP contribution in [0.15, 0.2) is 30.3 Å². The molecule has 0 bridgehead atoms. The summed E-state index contributed by atoms with van der Waals surface area (Å²) in [5.74, 6) is -0.927. The summed E-state index contributed by atoms with van der Waals surface area (Å²) in [5, 5.41) is 9.06. The zero-order valence-corrected chi connectivity index (χ0v) is 9.24. The van der Waals surface area contributed by atoms with E-state index in [1.165, 1.54) is 0 Å². The van der Waals surface area contributed by atoms with Crippen LogP contribution in [-0.4, -0.2) is 16.1 Å². The number of nitrogens with one attached hydrogen (secondary N) is 1. The number of aromatic carboxylic acids is 1. The average Bonchev–Trinajstić information content (AvgIpc) is 2.61. The Kier molecular flexibility index (Phi) is 2.52. The van der Waals surface area contributed by atoms with Gasteiger partial charge in [0.1, 0.15) is 5.69 Å². The zero-order valence-electron chi connectivity index (χ0n) is 9.24. The third-order valence-corrected chi connectivity index (χ3v) is 2.53. The lowest BCUT2D eigenvalue weighted by molar-refractivity contribution is 0.0692. The van der Waals surface area contributed by atoms with Crippen LogP contribution in [0.1, 0.15) is 21.7 Å². The molecule has 3 heteroatoms. The van der Waals surface area contributed by atoms with Crippen LogP contribution in [0.4, 0.5) is 0 Å². The summed E-state index contributed by atoms with van der Waals surface area (Å²) in [6, 6.07) is 9.68. The Morgan fingerprint density at radius 1 is 1.19 bits per heavy atom. The number of aryl methyl sites for hydroxylation is 2. The molecular formula is C13H13NO2. The standard InChI is InChI=1S/C13H13NO2/c1-8-3-5-10(6-4-8)11-7-9(2)14-12(11)13(15)16/h3-7,14H,1-2H3,(H,15,16). The normalized spacial score (nSPS) is 10.4. The summed E-state index contributed by atoms with van der Waals surface area (Å²) >= 11 is 0. The quantitative estimate of drug-likeness (QED) is 0.809. The highest BCUT2D eigenvalue weighted by molar-refractivity contribution is 5.94. The molecule has 1 aromatic heterocycles. The van der Waals surface area contributed by atoms with Crippen LogP contribution in [0.3, 0.4) is 0 Å². The molecule has 2 N–H and O–H groups in total. The first-order chi connectivity index (χ1) is 7.58. The Bertz CT molecular complexity index is 523. The van der Waals surface area contributed by atoms with E-state index in [1.807, 2.05) is 44.2 Å².